The van der Waals surface area contributed by atoms with Crippen molar-refractivity contribution in [1.29, 1.82) is 0 Å². The Morgan fingerprint density at radius 3 is 2.50 bits per heavy atom. The summed E-state index contributed by atoms with van der Waals surface area (Å²) in [4.78, 5) is 23.1. The van der Waals surface area contributed by atoms with Crippen LogP contribution in [0.3, 0.4) is 0 Å². The van der Waals surface area contributed by atoms with Crippen molar-refractivity contribution in [3.8, 4) is 0 Å². The van der Waals surface area contributed by atoms with Crippen LogP contribution in [0, 0.1) is 0 Å². The average Bonchev–Trinajstić information content (AvgIpc) is 2.41. The van der Waals surface area contributed by atoms with Gasteiger partial charge in [0.1, 0.15) is 0 Å². The molecular formula is C8H11N3O3. The minimum Gasteiger partial charge on any atom is -0.477 e. The summed E-state index contributed by atoms with van der Waals surface area (Å²) in [5.41, 5.74) is 0.00806. The molecule has 1 aromatic rings. The fourth-order valence-electron chi connectivity index (χ4n) is 1.22. The Hall–Kier alpha value is -1.85. The van der Waals surface area contributed by atoms with Crippen molar-refractivity contribution < 1.29 is 14.7 Å². The third kappa shape index (κ3) is 1.46. The summed E-state index contributed by atoms with van der Waals surface area (Å²) < 4.78 is 1.18. The SMILES string of the molecule is CN(C)c1nn(C)c(C(=O)O)c1C=O. The number of nitrogens with zero attached hydrogens (tertiary/aromatic N) is 3. The van der Waals surface area contributed by atoms with E-state index in [0.717, 1.165) is 0 Å². The van der Waals surface area contributed by atoms with Gasteiger partial charge in [0, 0.05) is 21.1 Å². The third-order valence-electron chi connectivity index (χ3n) is 1.81. The smallest absolute Gasteiger partial charge is 0.354 e. The van der Waals surface area contributed by atoms with E-state index in [0.29, 0.717) is 12.1 Å². The van der Waals surface area contributed by atoms with Gasteiger partial charge in [-0.1, -0.05) is 0 Å². The molecule has 0 aliphatic rings. The van der Waals surface area contributed by atoms with Crippen molar-refractivity contribution >= 4 is 18.1 Å². The zero-order valence-corrected chi connectivity index (χ0v) is 8.18. The van der Waals surface area contributed by atoms with Gasteiger partial charge < -0.3 is 10.0 Å². The first-order valence-corrected chi connectivity index (χ1v) is 3.91. The van der Waals surface area contributed by atoms with Gasteiger partial charge in [0.05, 0.1) is 5.56 Å². The van der Waals surface area contributed by atoms with Crippen LogP contribution in [0.4, 0.5) is 5.82 Å². The molecule has 6 nitrogen and oxygen atoms in total. The molecule has 1 heterocycles. The normalized spacial score (nSPS) is 9.93. The van der Waals surface area contributed by atoms with E-state index in [2.05, 4.69) is 5.10 Å². The van der Waals surface area contributed by atoms with Crippen LogP contribution in [0.5, 0.6) is 0 Å². The maximum Gasteiger partial charge on any atom is 0.354 e. The molecule has 0 saturated heterocycles. The molecule has 6 heteroatoms. The second kappa shape index (κ2) is 3.49. The lowest BCUT2D eigenvalue weighted by atomic mass is 10.2. The van der Waals surface area contributed by atoms with Crippen LogP contribution in [0.15, 0.2) is 0 Å². The van der Waals surface area contributed by atoms with E-state index in [9.17, 15) is 9.59 Å². The molecule has 14 heavy (non-hydrogen) atoms. The number of carboxylic acid groups (broad SMARTS) is 1. The van der Waals surface area contributed by atoms with Crippen LogP contribution in [0.25, 0.3) is 0 Å². The maximum absolute atomic E-state index is 10.8. The number of carbonyl (C=O) groups excluding carboxylic acids is 1. The van der Waals surface area contributed by atoms with Crippen molar-refractivity contribution in [3.63, 3.8) is 0 Å². The van der Waals surface area contributed by atoms with Gasteiger partial charge in [-0.2, -0.15) is 5.10 Å². The average molecular weight is 197 g/mol. The Balaban J connectivity index is 3.43. The van der Waals surface area contributed by atoms with Gasteiger partial charge in [0.2, 0.25) is 0 Å². The van der Waals surface area contributed by atoms with Crippen LogP contribution in [0.2, 0.25) is 0 Å². The van der Waals surface area contributed by atoms with Crippen molar-refractivity contribution in [1.82, 2.24) is 9.78 Å². The zero-order valence-electron chi connectivity index (χ0n) is 8.18. The predicted molar refractivity (Wildman–Crippen MR) is 49.9 cm³/mol. The molecule has 0 aliphatic heterocycles. The number of hydrogen-bond donors (Lipinski definition) is 1. The molecule has 0 aliphatic carbocycles. The summed E-state index contributed by atoms with van der Waals surface area (Å²) in [6, 6.07) is 0. The summed E-state index contributed by atoms with van der Waals surface area (Å²) in [6.07, 6.45) is 0.506. The molecule has 0 unspecified atom stereocenters. The summed E-state index contributed by atoms with van der Waals surface area (Å²) in [5, 5.41) is 12.8. The summed E-state index contributed by atoms with van der Waals surface area (Å²) in [5.74, 6) is -0.796. The van der Waals surface area contributed by atoms with Gasteiger partial charge >= 0.3 is 5.97 Å². The van der Waals surface area contributed by atoms with E-state index in [-0.39, 0.29) is 11.3 Å². The number of aromatic nitrogens is 2. The van der Waals surface area contributed by atoms with E-state index in [1.54, 1.807) is 19.0 Å². The molecule has 0 bridgehead atoms. The van der Waals surface area contributed by atoms with E-state index in [1.165, 1.54) is 11.7 Å². The topological polar surface area (TPSA) is 75.4 Å². The lowest BCUT2D eigenvalue weighted by Crippen LogP contribution is -2.11. The minimum absolute atomic E-state index is 0.0938. The molecule has 0 fully saturated rings. The molecule has 0 radical (unpaired) electrons. The summed E-state index contributed by atoms with van der Waals surface area (Å²) in [6.45, 7) is 0. The standard InChI is InChI=1S/C8H11N3O3/c1-10(2)7-5(4-12)6(8(13)14)11(3)9-7/h4H,1-3H3,(H,13,14). The Bertz CT molecular complexity index is 381. The number of aromatic carboxylic acids is 1. The Morgan fingerprint density at radius 1 is 1.57 bits per heavy atom. The second-order valence-corrected chi connectivity index (χ2v) is 3.03. The molecule has 0 atom stereocenters. The number of carbonyl (C=O) groups is 2. The Kier molecular flexibility index (Phi) is 2.55. The summed E-state index contributed by atoms with van der Waals surface area (Å²) in [7, 11) is 4.88. The molecule has 1 N–H and O–H groups in total. The van der Waals surface area contributed by atoms with Crippen molar-refractivity contribution in [2.24, 2.45) is 7.05 Å². The van der Waals surface area contributed by atoms with E-state index >= 15 is 0 Å². The van der Waals surface area contributed by atoms with Crippen molar-refractivity contribution in [3.05, 3.63) is 11.3 Å². The number of anilines is 1. The lowest BCUT2D eigenvalue weighted by molar-refractivity contribution is 0.0682. The molecule has 1 rings (SSSR count). The first kappa shape index (κ1) is 10.2. The molecule has 0 saturated carbocycles. The Morgan fingerprint density at radius 2 is 2.14 bits per heavy atom. The van der Waals surface area contributed by atoms with Crippen LogP contribution in [-0.4, -0.2) is 41.2 Å². The molecule has 0 aromatic carbocycles. The first-order valence-electron chi connectivity index (χ1n) is 3.91. The number of aldehydes is 1. The highest BCUT2D eigenvalue weighted by molar-refractivity contribution is 5.99. The maximum atomic E-state index is 10.8. The van der Waals surface area contributed by atoms with Crippen molar-refractivity contribution in [2.45, 2.75) is 0 Å². The highest BCUT2D eigenvalue weighted by atomic mass is 16.4. The molecule has 1 aromatic heterocycles. The number of hydrogen-bond acceptors (Lipinski definition) is 4. The fraction of sp³-hybridized carbons (Fsp3) is 0.375. The monoisotopic (exact) mass is 197 g/mol. The summed E-state index contributed by atoms with van der Waals surface area (Å²) >= 11 is 0. The van der Waals surface area contributed by atoms with Crippen LogP contribution < -0.4 is 4.90 Å². The third-order valence-corrected chi connectivity index (χ3v) is 1.81. The molecule has 76 valence electrons. The van der Waals surface area contributed by atoms with Gasteiger partial charge in [0.25, 0.3) is 0 Å². The second-order valence-electron chi connectivity index (χ2n) is 3.03. The highest BCUT2D eigenvalue weighted by Gasteiger charge is 2.21. The zero-order chi connectivity index (χ0) is 10.9. The number of carboxylic acids is 1. The van der Waals surface area contributed by atoms with E-state index in [4.69, 9.17) is 5.11 Å². The molecule has 0 spiro atoms. The van der Waals surface area contributed by atoms with Gasteiger partial charge in [-0.25, -0.2) is 4.79 Å². The van der Waals surface area contributed by atoms with Gasteiger partial charge in [-0.15, -0.1) is 0 Å². The predicted octanol–water partition coefficient (Wildman–Crippen LogP) is -0.00320. The van der Waals surface area contributed by atoms with Gasteiger partial charge in [-0.05, 0) is 0 Å². The van der Waals surface area contributed by atoms with Crippen LogP contribution in [-0.2, 0) is 7.05 Å². The van der Waals surface area contributed by atoms with Crippen LogP contribution in [0.1, 0.15) is 20.8 Å². The molecular weight excluding hydrogens is 186 g/mol. The fourth-order valence-corrected chi connectivity index (χ4v) is 1.22. The first-order chi connectivity index (χ1) is 6.49. The molecule has 0 amide bonds. The Labute approximate surface area is 80.7 Å². The number of rotatable bonds is 3. The van der Waals surface area contributed by atoms with Crippen molar-refractivity contribution in [2.75, 3.05) is 19.0 Å². The van der Waals surface area contributed by atoms with E-state index < -0.39 is 5.97 Å². The van der Waals surface area contributed by atoms with Crippen LogP contribution >= 0.6 is 0 Å². The quantitative estimate of drug-likeness (QED) is 0.690. The highest BCUT2D eigenvalue weighted by Crippen LogP contribution is 2.18. The van der Waals surface area contributed by atoms with E-state index in [1.807, 2.05) is 0 Å². The largest absolute Gasteiger partial charge is 0.477 e. The van der Waals surface area contributed by atoms with Gasteiger partial charge in [-0.3, -0.25) is 9.48 Å². The minimum atomic E-state index is -1.16. The van der Waals surface area contributed by atoms with Gasteiger partial charge in [0.15, 0.2) is 17.8 Å². The number of aryl methyl sites for hydroxylation is 1. The lowest BCUT2D eigenvalue weighted by Gasteiger charge is -2.07.